The van der Waals surface area contributed by atoms with Crippen LogP contribution < -0.4 is 0 Å². The van der Waals surface area contributed by atoms with Crippen molar-refractivity contribution >= 4 is 0 Å². The van der Waals surface area contributed by atoms with E-state index >= 15 is 0 Å². The number of methoxy groups -OCH3 is 1. The minimum Gasteiger partial charge on any atom is -0.369 e. The molecule has 0 radical (unpaired) electrons. The summed E-state index contributed by atoms with van der Waals surface area (Å²) in [5.41, 5.74) is 3.94. The molecule has 0 fully saturated rings. The summed E-state index contributed by atoms with van der Waals surface area (Å²) < 4.78 is 5.20. The standard InChI is InChI=1S/C11H19N3O/c1-3-10-9-7-14(8-15-2)6-4-5-11(9)13-12-10/h3-8H2,1-2H3,(H,12,13). The molecule has 4 nitrogen and oxygen atoms in total. The fourth-order valence-electron chi connectivity index (χ4n) is 2.20. The first kappa shape index (κ1) is 10.6. The van der Waals surface area contributed by atoms with Gasteiger partial charge in [0.25, 0.3) is 0 Å². The minimum absolute atomic E-state index is 0.716. The normalized spacial score (nSPS) is 17.5. The molecule has 1 aromatic rings. The predicted molar refractivity (Wildman–Crippen MR) is 58.6 cm³/mol. The van der Waals surface area contributed by atoms with Gasteiger partial charge in [-0.3, -0.25) is 10.00 Å². The summed E-state index contributed by atoms with van der Waals surface area (Å²) >= 11 is 0. The monoisotopic (exact) mass is 209 g/mol. The van der Waals surface area contributed by atoms with E-state index in [2.05, 4.69) is 22.0 Å². The Labute approximate surface area is 90.6 Å². The SMILES string of the molecule is CCc1n[nH]c2c1CN(COC)CCC2. The van der Waals surface area contributed by atoms with E-state index in [-0.39, 0.29) is 0 Å². The van der Waals surface area contributed by atoms with Crippen molar-refractivity contribution in [3.8, 4) is 0 Å². The molecule has 0 unspecified atom stereocenters. The molecule has 0 amide bonds. The van der Waals surface area contributed by atoms with Gasteiger partial charge in [0.15, 0.2) is 0 Å². The molecule has 0 aromatic carbocycles. The number of rotatable bonds is 3. The quantitative estimate of drug-likeness (QED) is 0.816. The molecule has 15 heavy (non-hydrogen) atoms. The lowest BCUT2D eigenvalue weighted by Crippen LogP contribution is -2.25. The number of nitrogens with one attached hydrogen (secondary N) is 1. The number of H-pyrrole nitrogens is 1. The van der Waals surface area contributed by atoms with E-state index < -0.39 is 0 Å². The summed E-state index contributed by atoms with van der Waals surface area (Å²) in [6.45, 7) is 4.96. The maximum atomic E-state index is 5.20. The first-order chi connectivity index (χ1) is 7.35. The van der Waals surface area contributed by atoms with Crippen LogP contribution in [0.15, 0.2) is 0 Å². The molecule has 0 saturated heterocycles. The predicted octanol–water partition coefficient (Wildman–Crippen LogP) is 1.32. The third-order valence-corrected chi connectivity index (χ3v) is 2.97. The third kappa shape index (κ3) is 2.21. The van der Waals surface area contributed by atoms with E-state index in [0.717, 1.165) is 25.9 Å². The van der Waals surface area contributed by atoms with Crippen LogP contribution in [0.2, 0.25) is 0 Å². The zero-order valence-corrected chi connectivity index (χ0v) is 9.55. The maximum Gasteiger partial charge on any atom is 0.0989 e. The molecule has 1 N–H and O–H groups in total. The number of hydrogen-bond acceptors (Lipinski definition) is 3. The van der Waals surface area contributed by atoms with Crippen molar-refractivity contribution in [1.82, 2.24) is 15.1 Å². The van der Waals surface area contributed by atoms with Crippen molar-refractivity contribution < 1.29 is 4.74 Å². The number of ether oxygens (including phenoxy) is 1. The van der Waals surface area contributed by atoms with E-state index in [0.29, 0.717) is 6.73 Å². The van der Waals surface area contributed by atoms with Gasteiger partial charge in [0.05, 0.1) is 12.4 Å². The van der Waals surface area contributed by atoms with Gasteiger partial charge in [-0.1, -0.05) is 6.92 Å². The van der Waals surface area contributed by atoms with Gasteiger partial charge in [-0.25, -0.2) is 0 Å². The number of aromatic nitrogens is 2. The number of aryl methyl sites for hydroxylation is 2. The Morgan fingerprint density at radius 3 is 3.13 bits per heavy atom. The molecule has 0 atom stereocenters. The van der Waals surface area contributed by atoms with E-state index in [9.17, 15) is 0 Å². The highest BCUT2D eigenvalue weighted by molar-refractivity contribution is 5.26. The first-order valence-corrected chi connectivity index (χ1v) is 5.61. The van der Waals surface area contributed by atoms with Crippen LogP contribution in [-0.4, -0.2) is 35.5 Å². The van der Waals surface area contributed by atoms with Gasteiger partial charge in [0.1, 0.15) is 0 Å². The van der Waals surface area contributed by atoms with Gasteiger partial charge in [-0.2, -0.15) is 5.10 Å². The summed E-state index contributed by atoms with van der Waals surface area (Å²) in [5, 5.41) is 7.52. The lowest BCUT2D eigenvalue weighted by Gasteiger charge is -2.18. The van der Waals surface area contributed by atoms with Crippen molar-refractivity contribution in [3.63, 3.8) is 0 Å². The molecular formula is C11H19N3O. The van der Waals surface area contributed by atoms with E-state index in [1.807, 2.05) is 0 Å². The molecule has 4 heteroatoms. The largest absolute Gasteiger partial charge is 0.369 e. The highest BCUT2D eigenvalue weighted by Crippen LogP contribution is 2.20. The lowest BCUT2D eigenvalue weighted by molar-refractivity contribution is 0.0588. The Bertz CT molecular complexity index is 322. The Balaban J connectivity index is 2.18. The fraction of sp³-hybridized carbons (Fsp3) is 0.727. The number of aromatic amines is 1. The molecule has 2 heterocycles. The van der Waals surface area contributed by atoms with Crippen molar-refractivity contribution in [2.45, 2.75) is 32.7 Å². The van der Waals surface area contributed by atoms with Crippen molar-refractivity contribution in [2.24, 2.45) is 0 Å². The summed E-state index contributed by atoms with van der Waals surface area (Å²) in [5.74, 6) is 0. The summed E-state index contributed by atoms with van der Waals surface area (Å²) in [4.78, 5) is 2.33. The second kappa shape index (κ2) is 4.77. The number of fused-ring (bicyclic) bond motifs is 1. The summed E-state index contributed by atoms with van der Waals surface area (Å²) in [6, 6.07) is 0. The Morgan fingerprint density at radius 2 is 2.40 bits per heavy atom. The van der Waals surface area contributed by atoms with Gasteiger partial charge in [0, 0.05) is 31.5 Å². The van der Waals surface area contributed by atoms with Crippen LogP contribution in [0.25, 0.3) is 0 Å². The smallest absolute Gasteiger partial charge is 0.0989 e. The van der Waals surface area contributed by atoms with Crippen LogP contribution in [0.3, 0.4) is 0 Å². The highest BCUT2D eigenvalue weighted by atomic mass is 16.5. The van der Waals surface area contributed by atoms with Crippen LogP contribution in [0.4, 0.5) is 0 Å². The molecule has 0 aliphatic carbocycles. The lowest BCUT2D eigenvalue weighted by atomic mass is 10.1. The highest BCUT2D eigenvalue weighted by Gasteiger charge is 2.18. The third-order valence-electron chi connectivity index (χ3n) is 2.97. The zero-order valence-electron chi connectivity index (χ0n) is 9.55. The molecule has 0 bridgehead atoms. The van der Waals surface area contributed by atoms with Crippen LogP contribution in [0.1, 0.15) is 30.3 Å². The van der Waals surface area contributed by atoms with Crippen molar-refractivity contribution in [2.75, 3.05) is 20.4 Å². The molecule has 0 saturated carbocycles. The molecule has 1 aromatic heterocycles. The Morgan fingerprint density at radius 1 is 1.53 bits per heavy atom. The van der Waals surface area contributed by atoms with Crippen LogP contribution in [-0.2, 0) is 24.1 Å². The second-order valence-corrected chi connectivity index (χ2v) is 4.05. The minimum atomic E-state index is 0.716. The van der Waals surface area contributed by atoms with E-state index in [4.69, 9.17) is 4.74 Å². The topological polar surface area (TPSA) is 41.2 Å². The van der Waals surface area contributed by atoms with Crippen molar-refractivity contribution in [1.29, 1.82) is 0 Å². The molecule has 1 aliphatic heterocycles. The van der Waals surface area contributed by atoms with Crippen LogP contribution >= 0.6 is 0 Å². The molecular weight excluding hydrogens is 190 g/mol. The van der Waals surface area contributed by atoms with Gasteiger partial charge in [-0.05, 0) is 19.3 Å². The molecule has 2 rings (SSSR count). The number of nitrogens with zero attached hydrogens (tertiary/aromatic N) is 2. The van der Waals surface area contributed by atoms with Gasteiger partial charge in [-0.15, -0.1) is 0 Å². The fourth-order valence-corrected chi connectivity index (χ4v) is 2.20. The Hall–Kier alpha value is -0.870. The van der Waals surface area contributed by atoms with Crippen LogP contribution in [0, 0.1) is 0 Å². The van der Waals surface area contributed by atoms with Crippen molar-refractivity contribution in [3.05, 3.63) is 17.0 Å². The van der Waals surface area contributed by atoms with Gasteiger partial charge >= 0.3 is 0 Å². The average molecular weight is 209 g/mol. The Kier molecular flexibility index (Phi) is 3.38. The molecule has 84 valence electrons. The molecule has 1 aliphatic rings. The van der Waals surface area contributed by atoms with Crippen LogP contribution in [0.5, 0.6) is 0 Å². The average Bonchev–Trinajstić information content (AvgIpc) is 2.51. The maximum absolute atomic E-state index is 5.20. The summed E-state index contributed by atoms with van der Waals surface area (Å²) in [6.07, 6.45) is 3.30. The summed E-state index contributed by atoms with van der Waals surface area (Å²) in [7, 11) is 1.75. The first-order valence-electron chi connectivity index (χ1n) is 5.61. The van der Waals surface area contributed by atoms with Gasteiger partial charge < -0.3 is 4.74 Å². The molecule has 0 spiro atoms. The second-order valence-electron chi connectivity index (χ2n) is 4.05. The van der Waals surface area contributed by atoms with Gasteiger partial charge in [0.2, 0.25) is 0 Å². The van der Waals surface area contributed by atoms with E-state index in [1.54, 1.807) is 7.11 Å². The van der Waals surface area contributed by atoms with E-state index in [1.165, 1.54) is 23.4 Å². The zero-order chi connectivity index (χ0) is 10.7. The number of hydrogen-bond donors (Lipinski definition) is 1.